The first kappa shape index (κ1) is 11.5. The minimum absolute atomic E-state index is 0.175. The van der Waals surface area contributed by atoms with E-state index in [4.69, 9.17) is 10.5 Å². The first-order valence-corrected chi connectivity index (χ1v) is 4.79. The lowest BCUT2D eigenvalue weighted by molar-refractivity contribution is -0.118. The van der Waals surface area contributed by atoms with Crippen molar-refractivity contribution >= 4 is 5.91 Å². The lowest BCUT2D eigenvalue weighted by atomic mass is 10.1. The van der Waals surface area contributed by atoms with E-state index in [0.29, 0.717) is 11.3 Å². The molecule has 0 unspecified atom stereocenters. The highest BCUT2D eigenvalue weighted by atomic mass is 16.5. The molecule has 1 aromatic carbocycles. The highest BCUT2D eigenvalue weighted by Crippen LogP contribution is 2.24. The van der Waals surface area contributed by atoms with E-state index >= 15 is 0 Å². The average Bonchev–Trinajstić information content (AvgIpc) is 2.17. The third-order valence-electron chi connectivity index (χ3n) is 1.98. The Balaban J connectivity index is 2.63. The number of aliphatic hydroxyl groups is 1. The largest absolute Gasteiger partial charge is 0.493 e. The average molecular weight is 209 g/mol. The Hall–Kier alpha value is -1.55. The molecule has 0 heterocycles. The maximum Gasteiger partial charge on any atom is 0.220 e. The number of ether oxygens (including phenoxy) is 1. The zero-order chi connectivity index (χ0) is 11.3. The summed E-state index contributed by atoms with van der Waals surface area (Å²) in [5, 5.41) is 9.44. The number of carbonyl (C=O) groups excluding carboxylic acids is 1. The molecule has 15 heavy (non-hydrogen) atoms. The normalized spacial score (nSPS) is 12.1. The second-order valence-corrected chi connectivity index (χ2v) is 3.28. The van der Waals surface area contributed by atoms with Gasteiger partial charge in [-0.15, -0.1) is 0 Å². The third kappa shape index (κ3) is 3.59. The summed E-state index contributed by atoms with van der Waals surface area (Å²) >= 11 is 0. The van der Waals surface area contributed by atoms with Gasteiger partial charge in [0.2, 0.25) is 5.91 Å². The van der Waals surface area contributed by atoms with Crippen molar-refractivity contribution in [2.24, 2.45) is 5.73 Å². The summed E-state index contributed by atoms with van der Waals surface area (Å²) in [5.41, 5.74) is 5.70. The van der Waals surface area contributed by atoms with Crippen LogP contribution in [0, 0.1) is 0 Å². The van der Waals surface area contributed by atoms with Crippen LogP contribution in [0.1, 0.15) is 25.0 Å². The molecule has 0 aliphatic rings. The molecule has 3 N–H and O–H groups in total. The van der Waals surface area contributed by atoms with Crippen LogP contribution in [-0.2, 0) is 4.79 Å². The van der Waals surface area contributed by atoms with E-state index in [1.54, 1.807) is 19.1 Å². The van der Waals surface area contributed by atoms with Crippen molar-refractivity contribution < 1.29 is 14.6 Å². The highest BCUT2D eigenvalue weighted by molar-refractivity contribution is 5.73. The minimum atomic E-state index is -0.588. The molecule has 0 bridgehead atoms. The molecule has 4 nitrogen and oxygen atoms in total. The van der Waals surface area contributed by atoms with Gasteiger partial charge in [-0.2, -0.15) is 0 Å². The van der Waals surface area contributed by atoms with Gasteiger partial charge in [-0.3, -0.25) is 4.79 Å². The Kier molecular flexibility index (Phi) is 4.12. The highest BCUT2D eigenvalue weighted by Gasteiger charge is 2.07. The number of nitrogens with two attached hydrogens (primary N) is 1. The zero-order valence-electron chi connectivity index (χ0n) is 8.64. The van der Waals surface area contributed by atoms with Gasteiger partial charge in [0.15, 0.2) is 0 Å². The molecule has 0 radical (unpaired) electrons. The quantitative estimate of drug-likeness (QED) is 0.759. The van der Waals surface area contributed by atoms with Gasteiger partial charge in [0.25, 0.3) is 0 Å². The number of rotatable bonds is 5. The zero-order valence-corrected chi connectivity index (χ0v) is 8.64. The van der Waals surface area contributed by atoms with Crippen molar-refractivity contribution in [2.75, 3.05) is 6.61 Å². The molecule has 1 aromatic rings. The first-order chi connectivity index (χ1) is 7.11. The van der Waals surface area contributed by atoms with Crippen LogP contribution in [0.4, 0.5) is 0 Å². The van der Waals surface area contributed by atoms with Crippen LogP contribution in [0.15, 0.2) is 24.3 Å². The molecular weight excluding hydrogens is 194 g/mol. The predicted octanol–water partition coefficient (Wildman–Crippen LogP) is 0.994. The van der Waals surface area contributed by atoms with E-state index in [0.717, 1.165) is 0 Å². The van der Waals surface area contributed by atoms with Gasteiger partial charge in [-0.05, 0) is 13.0 Å². The van der Waals surface area contributed by atoms with Crippen molar-refractivity contribution in [3.8, 4) is 5.75 Å². The molecule has 1 atom stereocenters. The Labute approximate surface area is 88.7 Å². The van der Waals surface area contributed by atoms with Crippen LogP contribution in [0.2, 0.25) is 0 Å². The molecule has 0 aliphatic heterocycles. The fourth-order valence-electron chi connectivity index (χ4n) is 1.22. The molecule has 4 heteroatoms. The number of amides is 1. The second-order valence-electron chi connectivity index (χ2n) is 3.28. The molecule has 82 valence electrons. The fraction of sp³-hybridized carbons (Fsp3) is 0.364. The summed E-state index contributed by atoms with van der Waals surface area (Å²) in [6, 6.07) is 7.17. The van der Waals surface area contributed by atoms with Crippen LogP contribution in [0.5, 0.6) is 5.75 Å². The summed E-state index contributed by atoms with van der Waals surface area (Å²) in [6.45, 7) is 1.90. The Morgan fingerprint density at radius 2 is 2.20 bits per heavy atom. The maximum atomic E-state index is 10.5. The number of para-hydroxylation sites is 1. The van der Waals surface area contributed by atoms with Gasteiger partial charge in [-0.1, -0.05) is 18.2 Å². The van der Waals surface area contributed by atoms with Crippen LogP contribution < -0.4 is 10.5 Å². The molecular formula is C11H15NO3. The molecule has 0 spiro atoms. The standard InChI is InChI=1S/C11H15NO3/c1-8(13)9-4-2-3-5-10(9)15-7-6-11(12)14/h2-5,8,13H,6-7H2,1H3,(H2,12,14)/t8-/m1/s1. The smallest absolute Gasteiger partial charge is 0.220 e. The first-order valence-electron chi connectivity index (χ1n) is 4.79. The molecule has 0 fully saturated rings. The van der Waals surface area contributed by atoms with E-state index in [9.17, 15) is 9.90 Å². The van der Waals surface area contributed by atoms with E-state index in [1.807, 2.05) is 12.1 Å². The summed E-state index contributed by atoms with van der Waals surface area (Å²) in [5.74, 6) is 0.193. The molecule has 0 aromatic heterocycles. The van der Waals surface area contributed by atoms with Crippen LogP contribution in [-0.4, -0.2) is 17.6 Å². The molecule has 0 saturated carbocycles. The second kappa shape index (κ2) is 5.36. The maximum absolute atomic E-state index is 10.5. The van der Waals surface area contributed by atoms with Crippen LogP contribution in [0.3, 0.4) is 0 Å². The van der Waals surface area contributed by atoms with Gasteiger partial charge in [0.1, 0.15) is 5.75 Å². The number of benzene rings is 1. The Bertz CT molecular complexity index is 336. The Morgan fingerprint density at radius 1 is 1.53 bits per heavy atom. The summed E-state index contributed by atoms with van der Waals surface area (Å²) in [4.78, 5) is 10.5. The topological polar surface area (TPSA) is 72.6 Å². The lowest BCUT2D eigenvalue weighted by Crippen LogP contribution is -2.15. The monoisotopic (exact) mass is 209 g/mol. The predicted molar refractivity (Wildman–Crippen MR) is 56.4 cm³/mol. The van der Waals surface area contributed by atoms with Gasteiger partial charge >= 0.3 is 0 Å². The number of primary amides is 1. The molecule has 0 saturated heterocycles. The van der Waals surface area contributed by atoms with E-state index in [1.165, 1.54) is 0 Å². The van der Waals surface area contributed by atoms with Crippen molar-refractivity contribution in [3.63, 3.8) is 0 Å². The summed E-state index contributed by atoms with van der Waals surface area (Å²) in [6.07, 6.45) is -0.413. The lowest BCUT2D eigenvalue weighted by Gasteiger charge is -2.12. The van der Waals surface area contributed by atoms with E-state index in [2.05, 4.69) is 0 Å². The van der Waals surface area contributed by atoms with Crippen molar-refractivity contribution in [3.05, 3.63) is 29.8 Å². The number of aliphatic hydroxyl groups excluding tert-OH is 1. The van der Waals surface area contributed by atoms with Crippen molar-refractivity contribution in [1.82, 2.24) is 0 Å². The number of hydrogen-bond acceptors (Lipinski definition) is 3. The summed E-state index contributed by atoms with van der Waals surface area (Å²) < 4.78 is 5.35. The SMILES string of the molecule is C[C@@H](O)c1ccccc1OCCC(N)=O. The van der Waals surface area contributed by atoms with Crippen LogP contribution >= 0.6 is 0 Å². The summed E-state index contributed by atoms with van der Waals surface area (Å²) in [7, 11) is 0. The number of carbonyl (C=O) groups is 1. The number of hydrogen-bond donors (Lipinski definition) is 2. The third-order valence-corrected chi connectivity index (χ3v) is 1.98. The van der Waals surface area contributed by atoms with E-state index in [-0.39, 0.29) is 13.0 Å². The van der Waals surface area contributed by atoms with Gasteiger partial charge in [0, 0.05) is 5.56 Å². The van der Waals surface area contributed by atoms with Gasteiger partial charge < -0.3 is 15.6 Å². The van der Waals surface area contributed by atoms with Gasteiger partial charge in [-0.25, -0.2) is 0 Å². The van der Waals surface area contributed by atoms with E-state index < -0.39 is 12.0 Å². The Morgan fingerprint density at radius 3 is 2.80 bits per heavy atom. The molecule has 0 aliphatic carbocycles. The fourth-order valence-corrected chi connectivity index (χ4v) is 1.22. The van der Waals surface area contributed by atoms with Gasteiger partial charge in [0.05, 0.1) is 19.1 Å². The van der Waals surface area contributed by atoms with Crippen LogP contribution in [0.25, 0.3) is 0 Å². The molecule has 1 rings (SSSR count). The van der Waals surface area contributed by atoms with Crippen molar-refractivity contribution in [1.29, 1.82) is 0 Å². The van der Waals surface area contributed by atoms with Crippen molar-refractivity contribution in [2.45, 2.75) is 19.4 Å². The minimum Gasteiger partial charge on any atom is -0.493 e. The molecule has 1 amide bonds.